The van der Waals surface area contributed by atoms with Crippen LogP contribution in [0.25, 0.3) is 0 Å². The Morgan fingerprint density at radius 1 is 1.04 bits per heavy atom. The molecular formula is C20H18FN3O. The molecule has 2 aromatic carbocycles. The Labute approximate surface area is 145 Å². The average Bonchev–Trinajstić information content (AvgIpc) is 2.64. The van der Waals surface area contributed by atoms with Gasteiger partial charge in [0.2, 0.25) is 0 Å². The van der Waals surface area contributed by atoms with Crippen molar-refractivity contribution in [3.8, 4) is 0 Å². The number of hydrogen-bond donors (Lipinski definition) is 2. The van der Waals surface area contributed by atoms with E-state index in [0.717, 1.165) is 11.3 Å². The van der Waals surface area contributed by atoms with E-state index in [4.69, 9.17) is 0 Å². The Balaban J connectivity index is 1.73. The molecule has 0 saturated heterocycles. The van der Waals surface area contributed by atoms with Gasteiger partial charge in [0.05, 0.1) is 16.9 Å². The minimum atomic E-state index is -0.476. The van der Waals surface area contributed by atoms with Crippen molar-refractivity contribution in [2.75, 3.05) is 10.6 Å². The molecule has 5 heteroatoms. The zero-order valence-corrected chi connectivity index (χ0v) is 13.7. The van der Waals surface area contributed by atoms with Crippen LogP contribution in [-0.4, -0.2) is 10.9 Å². The van der Waals surface area contributed by atoms with Crippen molar-refractivity contribution < 1.29 is 9.18 Å². The average molecular weight is 335 g/mol. The fourth-order valence-corrected chi connectivity index (χ4v) is 2.48. The number of nitrogens with one attached hydrogen (secondary N) is 2. The molecule has 25 heavy (non-hydrogen) atoms. The summed E-state index contributed by atoms with van der Waals surface area (Å²) in [6, 6.07) is 17.8. The lowest BCUT2D eigenvalue weighted by molar-refractivity contribution is 0.102. The number of carbonyl (C=O) groups is 1. The van der Waals surface area contributed by atoms with Gasteiger partial charge in [-0.3, -0.25) is 9.78 Å². The van der Waals surface area contributed by atoms with Gasteiger partial charge in [-0.2, -0.15) is 0 Å². The molecule has 3 rings (SSSR count). The van der Waals surface area contributed by atoms with Crippen LogP contribution in [0.2, 0.25) is 0 Å². The smallest absolute Gasteiger partial charge is 0.257 e. The lowest BCUT2D eigenvalue weighted by Gasteiger charge is -2.16. The van der Waals surface area contributed by atoms with Gasteiger partial charge in [-0.1, -0.05) is 42.5 Å². The van der Waals surface area contributed by atoms with Crippen molar-refractivity contribution in [3.63, 3.8) is 0 Å². The minimum absolute atomic E-state index is 0.0629. The first-order valence-corrected chi connectivity index (χ1v) is 7.96. The number of pyridine rings is 1. The van der Waals surface area contributed by atoms with Crippen LogP contribution in [0, 0.1) is 5.82 Å². The Morgan fingerprint density at radius 2 is 1.76 bits per heavy atom. The third-order valence-corrected chi connectivity index (χ3v) is 3.81. The quantitative estimate of drug-likeness (QED) is 0.714. The van der Waals surface area contributed by atoms with E-state index < -0.39 is 11.7 Å². The zero-order valence-electron chi connectivity index (χ0n) is 13.7. The van der Waals surface area contributed by atoms with E-state index in [1.807, 2.05) is 37.3 Å². The number of halogens is 1. The van der Waals surface area contributed by atoms with Crippen LogP contribution in [0.1, 0.15) is 28.9 Å². The summed E-state index contributed by atoms with van der Waals surface area (Å²) in [5.74, 6) is -0.885. The monoisotopic (exact) mass is 335 g/mol. The van der Waals surface area contributed by atoms with E-state index in [2.05, 4.69) is 15.6 Å². The van der Waals surface area contributed by atoms with E-state index in [1.165, 1.54) is 18.3 Å². The van der Waals surface area contributed by atoms with Crippen molar-refractivity contribution in [2.45, 2.75) is 13.0 Å². The van der Waals surface area contributed by atoms with Crippen molar-refractivity contribution in [3.05, 3.63) is 90.0 Å². The van der Waals surface area contributed by atoms with Gasteiger partial charge >= 0.3 is 0 Å². The summed E-state index contributed by atoms with van der Waals surface area (Å²) >= 11 is 0. The fourth-order valence-electron chi connectivity index (χ4n) is 2.48. The lowest BCUT2D eigenvalue weighted by Crippen LogP contribution is -2.14. The van der Waals surface area contributed by atoms with Crippen LogP contribution in [-0.2, 0) is 0 Å². The van der Waals surface area contributed by atoms with Gasteiger partial charge in [0.1, 0.15) is 5.82 Å². The molecule has 0 fully saturated rings. The molecule has 1 aromatic heterocycles. The highest BCUT2D eigenvalue weighted by molar-refractivity contribution is 6.04. The fraction of sp³-hybridized carbons (Fsp3) is 0.100. The molecule has 0 aliphatic carbocycles. The molecule has 1 heterocycles. The Kier molecular flexibility index (Phi) is 5.04. The molecule has 0 saturated carbocycles. The zero-order chi connectivity index (χ0) is 17.6. The number of rotatable bonds is 5. The number of para-hydroxylation sites is 1. The molecular weight excluding hydrogens is 317 g/mol. The second-order valence-corrected chi connectivity index (χ2v) is 5.67. The highest BCUT2D eigenvalue weighted by Gasteiger charge is 2.11. The maximum absolute atomic E-state index is 13.7. The van der Waals surface area contributed by atoms with Gasteiger partial charge in [-0.15, -0.1) is 0 Å². The van der Waals surface area contributed by atoms with Crippen molar-refractivity contribution in [1.82, 2.24) is 4.98 Å². The molecule has 2 N–H and O–H groups in total. The largest absolute Gasteiger partial charge is 0.377 e. The maximum atomic E-state index is 13.7. The number of carbonyl (C=O) groups excluding carboxylic acids is 1. The van der Waals surface area contributed by atoms with Crippen LogP contribution in [0.5, 0.6) is 0 Å². The van der Waals surface area contributed by atoms with Gasteiger partial charge in [0.25, 0.3) is 5.91 Å². The number of hydrogen-bond acceptors (Lipinski definition) is 3. The van der Waals surface area contributed by atoms with Gasteiger partial charge in [-0.05, 0) is 30.7 Å². The summed E-state index contributed by atoms with van der Waals surface area (Å²) in [4.78, 5) is 16.4. The highest BCUT2D eigenvalue weighted by atomic mass is 19.1. The third kappa shape index (κ3) is 4.20. The Bertz CT molecular complexity index is 868. The second kappa shape index (κ2) is 7.57. The van der Waals surface area contributed by atoms with Crippen molar-refractivity contribution >= 4 is 17.3 Å². The van der Waals surface area contributed by atoms with Gasteiger partial charge in [0.15, 0.2) is 0 Å². The summed E-state index contributed by atoms with van der Waals surface area (Å²) in [6.45, 7) is 2.03. The van der Waals surface area contributed by atoms with E-state index in [9.17, 15) is 9.18 Å². The highest BCUT2D eigenvalue weighted by Crippen LogP contribution is 2.20. The SMILES string of the molecule is CC(Nc1cncc(C(=O)Nc2ccccc2F)c1)c1ccccc1. The molecule has 0 radical (unpaired) electrons. The predicted molar refractivity (Wildman–Crippen MR) is 97.1 cm³/mol. The normalized spacial score (nSPS) is 11.6. The van der Waals surface area contributed by atoms with Gasteiger partial charge < -0.3 is 10.6 Å². The summed E-state index contributed by atoms with van der Waals surface area (Å²) in [7, 11) is 0. The molecule has 0 aliphatic rings. The summed E-state index contributed by atoms with van der Waals surface area (Å²) in [5.41, 5.74) is 2.35. The summed E-state index contributed by atoms with van der Waals surface area (Å²) < 4.78 is 13.7. The third-order valence-electron chi connectivity index (χ3n) is 3.81. The first kappa shape index (κ1) is 16.6. The van der Waals surface area contributed by atoms with E-state index in [1.54, 1.807) is 24.4 Å². The van der Waals surface area contributed by atoms with E-state index in [0.29, 0.717) is 5.56 Å². The molecule has 0 bridgehead atoms. The number of amides is 1. The number of aromatic nitrogens is 1. The van der Waals surface area contributed by atoms with E-state index >= 15 is 0 Å². The molecule has 0 aliphatic heterocycles. The van der Waals surface area contributed by atoms with Gasteiger partial charge in [-0.25, -0.2) is 4.39 Å². The molecule has 3 aromatic rings. The Hall–Kier alpha value is -3.21. The maximum Gasteiger partial charge on any atom is 0.257 e. The first-order valence-electron chi connectivity index (χ1n) is 7.96. The first-order chi connectivity index (χ1) is 12.1. The van der Waals surface area contributed by atoms with Crippen LogP contribution >= 0.6 is 0 Å². The minimum Gasteiger partial charge on any atom is -0.377 e. The Morgan fingerprint density at radius 3 is 2.52 bits per heavy atom. The van der Waals surface area contributed by atoms with Crippen LogP contribution in [0.3, 0.4) is 0 Å². The van der Waals surface area contributed by atoms with Crippen LogP contribution in [0.4, 0.5) is 15.8 Å². The number of nitrogens with zero attached hydrogens (tertiary/aromatic N) is 1. The van der Waals surface area contributed by atoms with Gasteiger partial charge in [0, 0.05) is 18.4 Å². The predicted octanol–water partition coefficient (Wildman–Crippen LogP) is 4.65. The number of anilines is 2. The lowest BCUT2D eigenvalue weighted by atomic mass is 10.1. The van der Waals surface area contributed by atoms with Crippen LogP contribution < -0.4 is 10.6 Å². The molecule has 0 spiro atoms. The summed E-state index contributed by atoms with van der Waals surface area (Å²) in [5, 5.41) is 5.87. The van der Waals surface area contributed by atoms with E-state index in [-0.39, 0.29) is 11.7 Å². The molecule has 126 valence electrons. The van der Waals surface area contributed by atoms with Crippen molar-refractivity contribution in [1.29, 1.82) is 0 Å². The topological polar surface area (TPSA) is 54.0 Å². The standard InChI is InChI=1S/C20H18FN3O/c1-14(15-7-3-2-4-8-15)23-17-11-16(12-22-13-17)20(25)24-19-10-6-5-9-18(19)21/h2-14,23H,1H3,(H,24,25). The molecule has 1 atom stereocenters. The second-order valence-electron chi connectivity index (χ2n) is 5.67. The van der Waals surface area contributed by atoms with Crippen LogP contribution in [0.15, 0.2) is 73.1 Å². The number of benzene rings is 2. The molecule has 1 unspecified atom stereocenters. The van der Waals surface area contributed by atoms with Crippen molar-refractivity contribution in [2.24, 2.45) is 0 Å². The molecule has 4 nitrogen and oxygen atoms in total. The molecule has 1 amide bonds. The summed E-state index contributed by atoms with van der Waals surface area (Å²) in [6.07, 6.45) is 3.11.